The van der Waals surface area contributed by atoms with Crippen LogP contribution >= 0.6 is 11.6 Å². The molecule has 1 fully saturated rings. The Morgan fingerprint density at radius 1 is 1.58 bits per heavy atom. The molecule has 2 rings (SSSR count). The summed E-state index contributed by atoms with van der Waals surface area (Å²) in [6.07, 6.45) is 1.51. The molecule has 1 saturated heterocycles. The number of carboxylic acids is 1. The molecule has 1 heterocycles. The van der Waals surface area contributed by atoms with Gasteiger partial charge in [0.05, 0.1) is 10.9 Å². The van der Waals surface area contributed by atoms with Gasteiger partial charge in [-0.15, -0.1) is 0 Å². The molecule has 0 aromatic heterocycles. The Morgan fingerprint density at radius 2 is 2.32 bits per heavy atom. The van der Waals surface area contributed by atoms with E-state index in [0.717, 1.165) is 13.0 Å². The minimum Gasteiger partial charge on any atom is -0.481 e. The van der Waals surface area contributed by atoms with Gasteiger partial charge in [-0.1, -0.05) is 23.7 Å². The van der Waals surface area contributed by atoms with Gasteiger partial charge in [0.1, 0.15) is 5.82 Å². The zero-order valence-electron chi connectivity index (χ0n) is 10.8. The van der Waals surface area contributed by atoms with Gasteiger partial charge in [-0.05, 0) is 32.4 Å². The first-order valence-corrected chi connectivity index (χ1v) is 6.78. The van der Waals surface area contributed by atoms with Gasteiger partial charge in [0.15, 0.2) is 0 Å². The summed E-state index contributed by atoms with van der Waals surface area (Å²) in [6, 6.07) is 4.83. The van der Waals surface area contributed by atoms with Crippen molar-refractivity contribution >= 4 is 17.6 Å². The maximum atomic E-state index is 13.9. The highest BCUT2D eigenvalue weighted by atomic mass is 35.5. The molecule has 19 heavy (non-hydrogen) atoms. The Labute approximate surface area is 117 Å². The molecule has 0 bridgehead atoms. The number of carbonyl (C=O) groups is 1. The molecule has 0 spiro atoms. The van der Waals surface area contributed by atoms with Crippen LogP contribution in [0.2, 0.25) is 5.02 Å². The van der Waals surface area contributed by atoms with Gasteiger partial charge in [-0.25, -0.2) is 4.39 Å². The summed E-state index contributed by atoms with van der Waals surface area (Å²) in [5.74, 6) is -1.56. The number of likely N-dealkylation sites (tertiary alicyclic amines) is 1. The van der Waals surface area contributed by atoms with Gasteiger partial charge >= 0.3 is 5.97 Å². The topological polar surface area (TPSA) is 40.5 Å². The van der Waals surface area contributed by atoms with Crippen molar-refractivity contribution in [3.8, 4) is 0 Å². The van der Waals surface area contributed by atoms with Gasteiger partial charge in [0, 0.05) is 18.2 Å². The quantitative estimate of drug-likeness (QED) is 0.927. The first-order valence-electron chi connectivity index (χ1n) is 6.40. The number of benzene rings is 1. The van der Waals surface area contributed by atoms with Crippen molar-refractivity contribution in [3.63, 3.8) is 0 Å². The molecule has 0 aliphatic carbocycles. The highest BCUT2D eigenvalue weighted by molar-refractivity contribution is 6.30. The standard InChI is InChI=1S/C14H17ClFNO2/c1-9-11(14(18)19)5-3-7-17(9)8-10-4-2-6-12(15)13(10)16/h2,4,6,9,11H,3,5,7-8H2,1H3,(H,18,19)/t9-,11-/m1/s1. The fourth-order valence-corrected chi connectivity index (χ4v) is 2.85. The third kappa shape index (κ3) is 3.07. The maximum absolute atomic E-state index is 13.9. The summed E-state index contributed by atoms with van der Waals surface area (Å²) in [6.45, 7) is 3.08. The predicted molar refractivity (Wildman–Crippen MR) is 71.6 cm³/mol. The second-order valence-electron chi connectivity index (χ2n) is 5.01. The lowest BCUT2D eigenvalue weighted by atomic mass is 9.90. The Balaban J connectivity index is 2.14. The number of piperidine rings is 1. The van der Waals surface area contributed by atoms with E-state index in [4.69, 9.17) is 16.7 Å². The summed E-state index contributed by atoms with van der Waals surface area (Å²) in [4.78, 5) is 13.2. The molecule has 0 unspecified atom stereocenters. The van der Waals surface area contributed by atoms with Crippen molar-refractivity contribution in [2.75, 3.05) is 6.54 Å². The maximum Gasteiger partial charge on any atom is 0.308 e. The van der Waals surface area contributed by atoms with Crippen molar-refractivity contribution < 1.29 is 14.3 Å². The molecule has 1 aliphatic rings. The van der Waals surface area contributed by atoms with E-state index in [0.29, 0.717) is 18.5 Å². The first kappa shape index (κ1) is 14.3. The van der Waals surface area contributed by atoms with Gasteiger partial charge in [0.2, 0.25) is 0 Å². The zero-order valence-corrected chi connectivity index (χ0v) is 11.5. The SMILES string of the molecule is C[C@@H]1[C@H](C(=O)O)CCCN1Cc1cccc(Cl)c1F. The molecular weight excluding hydrogens is 269 g/mol. The van der Waals surface area contributed by atoms with Crippen molar-refractivity contribution in [1.82, 2.24) is 4.90 Å². The van der Waals surface area contributed by atoms with Gasteiger partial charge in [-0.3, -0.25) is 9.69 Å². The molecule has 2 atom stereocenters. The smallest absolute Gasteiger partial charge is 0.308 e. The van der Waals surface area contributed by atoms with Crippen LogP contribution in [0.25, 0.3) is 0 Å². The molecule has 5 heteroatoms. The van der Waals surface area contributed by atoms with Gasteiger partial charge < -0.3 is 5.11 Å². The molecule has 0 radical (unpaired) electrons. The molecule has 1 aromatic rings. The second kappa shape index (κ2) is 5.88. The van der Waals surface area contributed by atoms with Gasteiger partial charge in [-0.2, -0.15) is 0 Å². The largest absolute Gasteiger partial charge is 0.481 e. The fourth-order valence-electron chi connectivity index (χ4n) is 2.66. The number of halogens is 2. The van der Waals surface area contributed by atoms with Crippen LogP contribution in [0.15, 0.2) is 18.2 Å². The molecule has 104 valence electrons. The van der Waals surface area contributed by atoms with Crippen molar-refractivity contribution in [1.29, 1.82) is 0 Å². The van der Waals surface area contributed by atoms with Crippen molar-refractivity contribution in [3.05, 3.63) is 34.6 Å². The normalized spacial score (nSPS) is 24.4. The number of hydrogen-bond acceptors (Lipinski definition) is 2. The number of rotatable bonds is 3. The number of nitrogens with zero attached hydrogens (tertiary/aromatic N) is 1. The lowest BCUT2D eigenvalue weighted by Gasteiger charge is -2.37. The minimum atomic E-state index is -0.774. The predicted octanol–water partition coefficient (Wildman–Crippen LogP) is 3.16. The minimum absolute atomic E-state index is 0.0929. The second-order valence-corrected chi connectivity index (χ2v) is 5.42. The summed E-state index contributed by atoms with van der Waals surface area (Å²) >= 11 is 5.76. The summed E-state index contributed by atoms with van der Waals surface area (Å²) in [5.41, 5.74) is 0.519. The van der Waals surface area contributed by atoms with E-state index >= 15 is 0 Å². The summed E-state index contributed by atoms with van der Waals surface area (Å²) in [5, 5.41) is 9.28. The summed E-state index contributed by atoms with van der Waals surface area (Å²) in [7, 11) is 0. The Kier molecular flexibility index (Phi) is 4.42. The van der Waals surface area contributed by atoms with E-state index in [2.05, 4.69) is 0 Å². The van der Waals surface area contributed by atoms with E-state index < -0.39 is 11.8 Å². The van der Waals surface area contributed by atoms with Crippen LogP contribution in [0.1, 0.15) is 25.3 Å². The van der Waals surface area contributed by atoms with Crippen LogP contribution in [0, 0.1) is 11.7 Å². The van der Waals surface area contributed by atoms with Gasteiger partial charge in [0.25, 0.3) is 0 Å². The zero-order chi connectivity index (χ0) is 14.0. The van der Waals surface area contributed by atoms with Crippen molar-refractivity contribution in [2.45, 2.75) is 32.4 Å². The average Bonchev–Trinajstić information content (AvgIpc) is 2.37. The van der Waals surface area contributed by atoms with E-state index in [9.17, 15) is 9.18 Å². The summed E-state index contributed by atoms with van der Waals surface area (Å²) < 4.78 is 13.9. The van der Waals surface area contributed by atoms with Crippen LogP contribution in [0.3, 0.4) is 0 Å². The Hall–Kier alpha value is -1.13. The van der Waals surface area contributed by atoms with E-state index in [-0.39, 0.29) is 17.0 Å². The number of aliphatic carboxylic acids is 1. The lowest BCUT2D eigenvalue weighted by molar-refractivity contribution is -0.145. The van der Waals surface area contributed by atoms with E-state index in [1.807, 2.05) is 11.8 Å². The number of hydrogen-bond donors (Lipinski definition) is 1. The number of carboxylic acid groups (broad SMARTS) is 1. The third-order valence-electron chi connectivity index (χ3n) is 3.84. The lowest BCUT2D eigenvalue weighted by Crippen LogP contribution is -2.45. The Morgan fingerprint density at radius 3 is 3.00 bits per heavy atom. The highest BCUT2D eigenvalue weighted by Crippen LogP contribution is 2.27. The molecule has 3 nitrogen and oxygen atoms in total. The molecule has 1 aliphatic heterocycles. The van der Waals surface area contributed by atoms with Crippen LogP contribution in [0.5, 0.6) is 0 Å². The van der Waals surface area contributed by atoms with E-state index in [1.54, 1.807) is 12.1 Å². The first-order chi connectivity index (χ1) is 9.00. The van der Waals surface area contributed by atoms with Crippen LogP contribution in [-0.4, -0.2) is 28.6 Å². The molecule has 0 saturated carbocycles. The van der Waals surface area contributed by atoms with Crippen LogP contribution in [0.4, 0.5) is 4.39 Å². The molecule has 0 amide bonds. The Bertz CT molecular complexity index is 481. The van der Waals surface area contributed by atoms with Crippen molar-refractivity contribution in [2.24, 2.45) is 5.92 Å². The third-order valence-corrected chi connectivity index (χ3v) is 4.13. The highest BCUT2D eigenvalue weighted by Gasteiger charge is 2.33. The molecule has 1 N–H and O–H groups in total. The van der Waals surface area contributed by atoms with E-state index in [1.165, 1.54) is 6.07 Å². The monoisotopic (exact) mass is 285 g/mol. The average molecular weight is 286 g/mol. The fraction of sp³-hybridized carbons (Fsp3) is 0.500. The molecular formula is C14H17ClFNO2. The molecule has 1 aromatic carbocycles. The van der Waals surface area contributed by atoms with Crippen LogP contribution < -0.4 is 0 Å². The van der Waals surface area contributed by atoms with Crippen LogP contribution in [-0.2, 0) is 11.3 Å².